The number of carbonyl (C=O) groups is 1. The Labute approximate surface area is 149 Å². The Balaban J connectivity index is 1.96. The summed E-state index contributed by atoms with van der Waals surface area (Å²) >= 11 is 0. The van der Waals surface area contributed by atoms with Gasteiger partial charge in [-0.3, -0.25) is 4.79 Å². The van der Waals surface area contributed by atoms with E-state index in [9.17, 15) is 19.1 Å². The van der Waals surface area contributed by atoms with Crippen LogP contribution in [0, 0.1) is 5.82 Å². The summed E-state index contributed by atoms with van der Waals surface area (Å²) in [5.41, 5.74) is -0.244. The fraction of sp³-hybridized carbons (Fsp3) is 0.444. The maximum absolute atomic E-state index is 14.9. The molecule has 0 radical (unpaired) electrons. The zero-order chi connectivity index (χ0) is 18.7. The van der Waals surface area contributed by atoms with Crippen molar-refractivity contribution in [1.82, 2.24) is 9.47 Å². The molecule has 1 atom stereocenters. The van der Waals surface area contributed by atoms with Gasteiger partial charge in [0.1, 0.15) is 17.9 Å². The van der Waals surface area contributed by atoms with E-state index in [2.05, 4.69) is 4.90 Å². The second kappa shape index (κ2) is 5.70. The molecule has 0 amide bonds. The van der Waals surface area contributed by atoms with E-state index in [0.29, 0.717) is 36.1 Å². The number of hydrogen-bond acceptors (Lipinski definition) is 5. The standard InChI is InChI=1S/C18H20FN3O4/c1-9-8-26-17-14-11(16(23)12(18(24)25)7-22(9)14)4-13(19)15(17)21-5-10(6-21)20(2)3/h4,7,9-10H,5-6,8H2,1-3H3,(H,24,25)/t9-/m0/s1. The zero-order valence-corrected chi connectivity index (χ0v) is 14.8. The number of aromatic nitrogens is 1. The summed E-state index contributed by atoms with van der Waals surface area (Å²) in [6, 6.07) is 1.31. The molecule has 1 aromatic carbocycles. The van der Waals surface area contributed by atoms with Gasteiger partial charge in [0.05, 0.1) is 16.9 Å². The van der Waals surface area contributed by atoms with E-state index in [4.69, 9.17) is 4.74 Å². The highest BCUT2D eigenvalue weighted by molar-refractivity contribution is 5.97. The van der Waals surface area contributed by atoms with Crippen molar-refractivity contribution in [2.24, 2.45) is 0 Å². The van der Waals surface area contributed by atoms with Crippen LogP contribution in [0.15, 0.2) is 17.1 Å². The normalized spacial score (nSPS) is 19.6. The van der Waals surface area contributed by atoms with Gasteiger partial charge >= 0.3 is 5.97 Å². The summed E-state index contributed by atoms with van der Waals surface area (Å²) in [4.78, 5) is 27.9. The van der Waals surface area contributed by atoms with Crippen LogP contribution in [0.3, 0.4) is 0 Å². The van der Waals surface area contributed by atoms with Gasteiger partial charge in [0.2, 0.25) is 5.43 Å². The van der Waals surface area contributed by atoms with E-state index < -0.39 is 17.2 Å². The molecule has 1 N–H and O–H groups in total. The van der Waals surface area contributed by atoms with Crippen molar-refractivity contribution in [3.63, 3.8) is 0 Å². The van der Waals surface area contributed by atoms with E-state index in [-0.39, 0.29) is 23.6 Å². The molecule has 0 saturated carbocycles. The minimum atomic E-state index is -1.32. The Bertz CT molecular complexity index is 979. The number of pyridine rings is 1. The van der Waals surface area contributed by atoms with Gasteiger partial charge in [-0.1, -0.05) is 0 Å². The Morgan fingerprint density at radius 1 is 1.38 bits per heavy atom. The van der Waals surface area contributed by atoms with Gasteiger partial charge in [0, 0.05) is 25.3 Å². The number of anilines is 1. The minimum absolute atomic E-state index is 0.0392. The van der Waals surface area contributed by atoms with Crippen LogP contribution in [0.1, 0.15) is 23.3 Å². The van der Waals surface area contributed by atoms with Gasteiger partial charge in [-0.05, 0) is 27.1 Å². The van der Waals surface area contributed by atoms with Crippen LogP contribution in [-0.4, -0.2) is 60.4 Å². The number of carboxylic acids is 1. The summed E-state index contributed by atoms with van der Waals surface area (Å²) in [5, 5.41) is 9.35. The van der Waals surface area contributed by atoms with Gasteiger partial charge < -0.3 is 24.2 Å². The third-order valence-electron chi connectivity index (χ3n) is 5.28. The van der Waals surface area contributed by atoms with E-state index in [1.54, 1.807) is 4.57 Å². The van der Waals surface area contributed by atoms with Crippen LogP contribution in [0.5, 0.6) is 5.75 Å². The number of carboxylic acid groups (broad SMARTS) is 1. The predicted octanol–water partition coefficient (Wildman–Crippen LogP) is 1.54. The van der Waals surface area contributed by atoms with Crippen LogP contribution < -0.4 is 15.1 Å². The number of ether oxygens (including phenoxy) is 1. The monoisotopic (exact) mass is 361 g/mol. The molecule has 1 aromatic heterocycles. The first-order valence-electron chi connectivity index (χ1n) is 8.48. The highest BCUT2D eigenvalue weighted by Crippen LogP contribution is 2.43. The number of benzene rings is 1. The minimum Gasteiger partial charge on any atom is -0.487 e. The van der Waals surface area contributed by atoms with Crippen molar-refractivity contribution in [2.75, 3.05) is 38.7 Å². The first-order chi connectivity index (χ1) is 12.3. The Morgan fingerprint density at radius 3 is 2.69 bits per heavy atom. The lowest BCUT2D eigenvalue weighted by molar-refractivity contribution is 0.0694. The lowest BCUT2D eigenvalue weighted by Crippen LogP contribution is -2.57. The van der Waals surface area contributed by atoms with E-state index >= 15 is 0 Å². The fourth-order valence-electron chi connectivity index (χ4n) is 3.62. The molecular weight excluding hydrogens is 341 g/mol. The molecule has 0 bridgehead atoms. The van der Waals surface area contributed by atoms with Gasteiger partial charge in [-0.2, -0.15) is 0 Å². The first-order valence-corrected chi connectivity index (χ1v) is 8.48. The largest absolute Gasteiger partial charge is 0.487 e. The second-order valence-corrected chi connectivity index (χ2v) is 7.20. The zero-order valence-electron chi connectivity index (χ0n) is 14.8. The Hall–Kier alpha value is -2.61. The number of nitrogens with zero attached hydrogens (tertiary/aromatic N) is 3. The molecule has 1 fully saturated rings. The van der Waals surface area contributed by atoms with E-state index in [1.807, 2.05) is 25.9 Å². The summed E-state index contributed by atoms with van der Waals surface area (Å²) in [5.74, 6) is -1.56. The van der Waals surface area contributed by atoms with Crippen LogP contribution in [0.2, 0.25) is 0 Å². The molecule has 2 aliphatic heterocycles. The number of aromatic carboxylic acids is 1. The third-order valence-corrected chi connectivity index (χ3v) is 5.28. The lowest BCUT2D eigenvalue weighted by Gasteiger charge is -2.45. The van der Waals surface area contributed by atoms with Crippen LogP contribution in [0.4, 0.5) is 10.1 Å². The van der Waals surface area contributed by atoms with Crippen molar-refractivity contribution in [3.05, 3.63) is 33.9 Å². The van der Waals surface area contributed by atoms with Gasteiger partial charge in [-0.15, -0.1) is 0 Å². The number of halogens is 1. The SMILES string of the molecule is C[C@H]1COc2c(N3CC(N(C)C)C3)c(F)cc3c(=O)c(C(=O)O)cn1c23. The molecule has 138 valence electrons. The fourth-order valence-corrected chi connectivity index (χ4v) is 3.62. The van der Waals surface area contributed by atoms with E-state index in [0.717, 1.165) is 6.07 Å². The van der Waals surface area contributed by atoms with Gasteiger partial charge in [0.25, 0.3) is 0 Å². The van der Waals surface area contributed by atoms with E-state index in [1.165, 1.54) is 6.20 Å². The van der Waals surface area contributed by atoms with Crippen molar-refractivity contribution in [1.29, 1.82) is 0 Å². The summed E-state index contributed by atoms with van der Waals surface area (Å²) in [7, 11) is 3.96. The predicted molar refractivity (Wildman–Crippen MR) is 95.0 cm³/mol. The topological polar surface area (TPSA) is 75.0 Å². The molecular formula is C18H20FN3O4. The molecule has 2 aromatic rings. The first kappa shape index (κ1) is 16.8. The quantitative estimate of drug-likeness (QED) is 0.894. The maximum atomic E-state index is 14.9. The average Bonchev–Trinajstić information content (AvgIpc) is 2.52. The Kier molecular flexibility index (Phi) is 3.69. The average molecular weight is 361 g/mol. The molecule has 0 spiro atoms. The summed E-state index contributed by atoms with van der Waals surface area (Å²) in [6.07, 6.45) is 1.34. The molecule has 26 heavy (non-hydrogen) atoms. The highest BCUT2D eigenvalue weighted by Gasteiger charge is 2.35. The Morgan fingerprint density at radius 2 is 2.08 bits per heavy atom. The molecule has 3 heterocycles. The molecule has 0 unspecified atom stereocenters. The number of likely N-dealkylation sites (N-methyl/N-ethyl adjacent to an activating group) is 1. The van der Waals surface area contributed by atoms with Crippen LogP contribution >= 0.6 is 0 Å². The molecule has 1 saturated heterocycles. The molecule has 7 nitrogen and oxygen atoms in total. The maximum Gasteiger partial charge on any atom is 0.341 e. The molecule has 0 aliphatic carbocycles. The van der Waals surface area contributed by atoms with Crippen molar-refractivity contribution in [3.8, 4) is 5.75 Å². The van der Waals surface area contributed by atoms with Crippen LogP contribution in [-0.2, 0) is 0 Å². The van der Waals surface area contributed by atoms with Crippen LogP contribution in [0.25, 0.3) is 10.9 Å². The highest BCUT2D eigenvalue weighted by atomic mass is 19.1. The molecule has 4 rings (SSSR count). The number of hydrogen-bond donors (Lipinski definition) is 1. The van der Waals surface area contributed by atoms with Crippen molar-refractivity contribution >= 4 is 22.6 Å². The summed E-state index contributed by atoms with van der Waals surface area (Å²) in [6.45, 7) is 3.48. The second-order valence-electron chi connectivity index (χ2n) is 7.20. The molecule has 2 aliphatic rings. The third kappa shape index (κ3) is 2.28. The van der Waals surface area contributed by atoms with Gasteiger partial charge in [0.15, 0.2) is 11.6 Å². The number of rotatable bonds is 3. The smallest absolute Gasteiger partial charge is 0.341 e. The lowest BCUT2D eigenvalue weighted by atomic mass is 10.0. The van der Waals surface area contributed by atoms with Crippen molar-refractivity contribution in [2.45, 2.75) is 19.0 Å². The molecule has 8 heteroatoms. The van der Waals surface area contributed by atoms with Gasteiger partial charge in [-0.25, -0.2) is 9.18 Å². The van der Waals surface area contributed by atoms with Crippen molar-refractivity contribution < 1.29 is 19.0 Å². The summed E-state index contributed by atoms with van der Waals surface area (Å²) < 4.78 is 22.4.